The molecule has 5 N–H and O–H groups in total. The number of carboxylic acids is 1. The number of carbonyl (C=O) groups is 2. The molecular formula is C6H11NaO7. The minimum Gasteiger partial charge on any atom is -1.00 e. The van der Waals surface area contributed by atoms with E-state index in [4.69, 9.17) is 25.5 Å². The van der Waals surface area contributed by atoms with Crippen molar-refractivity contribution in [2.24, 2.45) is 0 Å². The van der Waals surface area contributed by atoms with Crippen LogP contribution in [0.3, 0.4) is 0 Å². The molecule has 0 amide bonds. The van der Waals surface area contributed by atoms with Gasteiger partial charge >= 0.3 is 35.5 Å². The Kier molecular flexibility index (Phi) is 8.55. The van der Waals surface area contributed by atoms with Gasteiger partial charge in [-0.3, -0.25) is 0 Å². The summed E-state index contributed by atoms with van der Waals surface area (Å²) < 4.78 is 0. The molecule has 14 heavy (non-hydrogen) atoms. The Morgan fingerprint density at radius 2 is 1.57 bits per heavy atom. The first kappa shape index (κ1) is 16.4. The van der Waals surface area contributed by atoms with Crippen molar-refractivity contribution in [2.75, 3.05) is 0 Å². The first-order valence-electron chi connectivity index (χ1n) is 3.32. The number of rotatable bonds is 5. The quantitative estimate of drug-likeness (QED) is 0.229. The van der Waals surface area contributed by atoms with Crippen molar-refractivity contribution < 1.29 is 66.1 Å². The van der Waals surface area contributed by atoms with Gasteiger partial charge in [-0.05, 0) is 0 Å². The number of aliphatic carboxylic acids is 1. The Hall–Kier alpha value is -0.0200. The maximum atomic E-state index is 10.1. The molecule has 78 valence electrons. The second-order valence-corrected chi connectivity index (χ2v) is 2.39. The van der Waals surface area contributed by atoms with E-state index < -0.39 is 30.4 Å². The largest absolute Gasteiger partial charge is 1.00 e. The number of carboxylic acid groups (broad SMARTS) is 1. The van der Waals surface area contributed by atoms with E-state index in [0.717, 1.165) is 0 Å². The Morgan fingerprint density at radius 1 is 1.14 bits per heavy atom. The Balaban J connectivity index is -0.000000720. The van der Waals surface area contributed by atoms with E-state index >= 15 is 0 Å². The Bertz CT molecular complexity index is 202. The normalized spacial score (nSPS) is 18.6. The molecule has 8 heteroatoms. The zero-order valence-electron chi connectivity index (χ0n) is 8.44. The molecule has 0 aliphatic rings. The van der Waals surface area contributed by atoms with Crippen molar-refractivity contribution in [3.63, 3.8) is 0 Å². The van der Waals surface area contributed by atoms with Crippen molar-refractivity contribution in [3.8, 4) is 0 Å². The van der Waals surface area contributed by atoms with E-state index in [-0.39, 0.29) is 37.3 Å². The van der Waals surface area contributed by atoms with Gasteiger partial charge in [0.05, 0.1) is 0 Å². The molecule has 0 saturated carbocycles. The fourth-order valence-electron chi connectivity index (χ4n) is 0.615. The van der Waals surface area contributed by atoms with Gasteiger partial charge in [-0.1, -0.05) is 0 Å². The molecule has 7 nitrogen and oxygen atoms in total. The molecule has 0 heterocycles. The molecule has 0 spiro atoms. The van der Waals surface area contributed by atoms with E-state index in [1.807, 2.05) is 0 Å². The summed E-state index contributed by atoms with van der Waals surface area (Å²) in [5.74, 6) is -1.76. The zero-order chi connectivity index (χ0) is 10.6. The average Bonchev–Trinajstić information content (AvgIpc) is 2.12. The van der Waals surface area contributed by atoms with Gasteiger partial charge in [-0.2, -0.15) is 0 Å². The van der Waals surface area contributed by atoms with E-state index in [1.54, 1.807) is 0 Å². The molecule has 0 aromatic heterocycles. The molecule has 0 fully saturated rings. The number of aliphatic hydroxyl groups is 4. The van der Waals surface area contributed by atoms with Crippen LogP contribution in [0.25, 0.3) is 0 Å². The summed E-state index contributed by atoms with van der Waals surface area (Å²) in [5.41, 5.74) is 0. The zero-order valence-corrected chi connectivity index (χ0v) is 9.44. The molecular weight excluding hydrogens is 207 g/mol. The molecule has 0 aromatic rings. The third-order valence-electron chi connectivity index (χ3n) is 1.42. The van der Waals surface area contributed by atoms with E-state index in [9.17, 15) is 9.59 Å². The molecule has 0 aromatic carbocycles. The Labute approximate surface area is 103 Å². The number of aldehydes is 1. The summed E-state index contributed by atoms with van der Waals surface area (Å²) in [4.78, 5) is 20.0. The van der Waals surface area contributed by atoms with Gasteiger partial charge in [0.15, 0.2) is 12.4 Å². The predicted octanol–water partition coefficient (Wildman–Crippen LogP) is -6.17. The van der Waals surface area contributed by atoms with Crippen LogP contribution in [0.1, 0.15) is 1.43 Å². The maximum Gasteiger partial charge on any atom is 1.00 e. The Morgan fingerprint density at radius 3 is 1.86 bits per heavy atom. The van der Waals surface area contributed by atoms with Gasteiger partial charge < -0.3 is 31.8 Å². The minimum absolute atomic E-state index is 0. The fourth-order valence-corrected chi connectivity index (χ4v) is 0.615. The standard InChI is InChI=1S/C6H10O7.Na.H/c7-1-2(8)3(9)4(10)5(11)6(12)13;;/h1-5,8-11H,(H,12,13);;/q;+1;-1/t2-,3+,4-,5-;;/m0../s1. The van der Waals surface area contributed by atoms with Crippen LogP contribution in [0.4, 0.5) is 0 Å². The second kappa shape index (κ2) is 7.30. The summed E-state index contributed by atoms with van der Waals surface area (Å²) in [6, 6.07) is 0. The number of aliphatic hydroxyl groups excluding tert-OH is 4. The second-order valence-electron chi connectivity index (χ2n) is 2.39. The van der Waals surface area contributed by atoms with Gasteiger partial charge in [-0.25, -0.2) is 4.79 Å². The van der Waals surface area contributed by atoms with Crippen LogP contribution >= 0.6 is 0 Å². The van der Waals surface area contributed by atoms with Crippen molar-refractivity contribution >= 4 is 12.3 Å². The van der Waals surface area contributed by atoms with Gasteiger partial charge in [0.2, 0.25) is 0 Å². The van der Waals surface area contributed by atoms with Crippen LogP contribution in [0.15, 0.2) is 0 Å². The SMILES string of the molecule is O=C[C@H](O)[C@@H](O)[C@H](O)[C@H](O)C(=O)O.[H-].[Na+]. The van der Waals surface area contributed by atoms with Crippen LogP contribution < -0.4 is 29.6 Å². The molecule has 0 rings (SSSR count). The molecule has 0 aliphatic carbocycles. The monoisotopic (exact) mass is 218 g/mol. The van der Waals surface area contributed by atoms with Crippen LogP contribution in [-0.2, 0) is 9.59 Å². The third-order valence-corrected chi connectivity index (χ3v) is 1.42. The van der Waals surface area contributed by atoms with Crippen LogP contribution in [0.5, 0.6) is 0 Å². The first-order chi connectivity index (χ1) is 5.91. The molecule has 4 atom stereocenters. The first-order valence-corrected chi connectivity index (χ1v) is 3.32. The number of hydrogen-bond donors (Lipinski definition) is 5. The molecule has 0 aliphatic heterocycles. The van der Waals surface area contributed by atoms with Crippen molar-refractivity contribution in [2.45, 2.75) is 24.4 Å². The van der Waals surface area contributed by atoms with Crippen molar-refractivity contribution in [3.05, 3.63) is 0 Å². The molecule has 0 radical (unpaired) electrons. The average molecular weight is 218 g/mol. The minimum atomic E-state index is -2.25. The summed E-state index contributed by atoms with van der Waals surface area (Å²) in [5, 5.41) is 43.2. The maximum absolute atomic E-state index is 10.1. The smallest absolute Gasteiger partial charge is 1.00 e. The van der Waals surface area contributed by atoms with E-state index in [1.165, 1.54) is 0 Å². The fraction of sp³-hybridized carbons (Fsp3) is 0.667. The molecule has 0 bridgehead atoms. The summed E-state index contributed by atoms with van der Waals surface area (Å²) >= 11 is 0. The van der Waals surface area contributed by atoms with Crippen LogP contribution in [0, 0.1) is 0 Å². The molecule has 0 saturated heterocycles. The summed E-state index contributed by atoms with van der Waals surface area (Å²) in [6.45, 7) is 0. The van der Waals surface area contributed by atoms with Crippen molar-refractivity contribution in [1.82, 2.24) is 0 Å². The van der Waals surface area contributed by atoms with Gasteiger partial charge in [0.25, 0.3) is 0 Å². The van der Waals surface area contributed by atoms with Crippen molar-refractivity contribution in [1.29, 1.82) is 0 Å². The van der Waals surface area contributed by atoms with Gasteiger partial charge in [0, 0.05) is 0 Å². The van der Waals surface area contributed by atoms with E-state index in [2.05, 4.69) is 0 Å². The third kappa shape index (κ3) is 4.47. The van der Waals surface area contributed by atoms with Gasteiger partial charge in [0.1, 0.15) is 18.3 Å². The van der Waals surface area contributed by atoms with Gasteiger partial charge in [-0.15, -0.1) is 0 Å². The predicted molar refractivity (Wildman–Crippen MR) is 38.8 cm³/mol. The summed E-state index contributed by atoms with van der Waals surface area (Å²) in [6.07, 6.45) is -8.39. The topological polar surface area (TPSA) is 135 Å². The number of hydrogen-bond acceptors (Lipinski definition) is 6. The number of carbonyl (C=O) groups excluding carboxylic acids is 1. The van der Waals surface area contributed by atoms with Crippen LogP contribution in [0.2, 0.25) is 0 Å². The van der Waals surface area contributed by atoms with E-state index in [0.29, 0.717) is 0 Å². The summed E-state index contributed by atoms with van der Waals surface area (Å²) in [7, 11) is 0. The van der Waals surface area contributed by atoms with Crippen LogP contribution in [-0.4, -0.2) is 62.2 Å². The molecule has 0 unspecified atom stereocenters.